The average molecular weight is 353 g/mol. The third-order valence-corrected chi connectivity index (χ3v) is 4.39. The molecular formula is C12H18BrFN2O2S. The predicted molar refractivity (Wildman–Crippen MR) is 79.4 cm³/mol. The Morgan fingerprint density at radius 3 is 2.63 bits per heavy atom. The van der Waals surface area contributed by atoms with Gasteiger partial charge >= 0.3 is 0 Å². The maximum absolute atomic E-state index is 13.2. The van der Waals surface area contributed by atoms with Crippen LogP contribution in [0.25, 0.3) is 0 Å². The van der Waals surface area contributed by atoms with Crippen molar-refractivity contribution in [2.24, 2.45) is 0 Å². The summed E-state index contributed by atoms with van der Waals surface area (Å²) >= 11 is 3.04. The summed E-state index contributed by atoms with van der Waals surface area (Å²) in [7, 11) is -3.42. The highest BCUT2D eigenvalue weighted by atomic mass is 79.9. The van der Waals surface area contributed by atoms with Crippen LogP contribution in [-0.4, -0.2) is 27.3 Å². The van der Waals surface area contributed by atoms with Gasteiger partial charge in [-0.2, -0.15) is 0 Å². The van der Waals surface area contributed by atoms with E-state index < -0.39 is 15.8 Å². The fourth-order valence-electron chi connectivity index (χ4n) is 1.48. The van der Waals surface area contributed by atoms with Crippen molar-refractivity contribution >= 4 is 31.6 Å². The molecule has 0 radical (unpaired) electrons. The van der Waals surface area contributed by atoms with Crippen LogP contribution in [0.3, 0.4) is 0 Å². The number of hydrogen-bond donors (Lipinski definition) is 2. The molecule has 1 aromatic rings. The second-order valence-corrected chi connectivity index (χ2v) is 6.95. The summed E-state index contributed by atoms with van der Waals surface area (Å²) in [6.45, 7) is 4.85. The highest BCUT2D eigenvalue weighted by Gasteiger charge is 2.13. The van der Waals surface area contributed by atoms with Gasteiger partial charge in [-0.15, -0.1) is 0 Å². The van der Waals surface area contributed by atoms with Gasteiger partial charge in [0.15, 0.2) is 0 Å². The molecule has 1 rings (SSSR count). The standard InChI is InChI=1S/C12H18BrFN2O2S/c1-3-4-15-5-6-19(17,18)16-12-8-10(13)11(14)7-9(12)2/h7-8,15-16H,3-6H2,1-2H3. The van der Waals surface area contributed by atoms with E-state index in [0.717, 1.165) is 13.0 Å². The van der Waals surface area contributed by atoms with Gasteiger partial charge in [-0.3, -0.25) is 4.72 Å². The van der Waals surface area contributed by atoms with Gasteiger partial charge in [0.2, 0.25) is 10.0 Å². The molecule has 0 aliphatic carbocycles. The highest BCUT2D eigenvalue weighted by Crippen LogP contribution is 2.24. The van der Waals surface area contributed by atoms with Crippen molar-refractivity contribution in [2.75, 3.05) is 23.6 Å². The molecule has 7 heteroatoms. The van der Waals surface area contributed by atoms with Gasteiger partial charge < -0.3 is 5.32 Å². The Morgan fingerprint density at radius 2 is 2.00 bits per heavy atom. The van der Waals surface area contributed by atoms with E-state index in [1.807, 2.05) is 6.92 Å². The summed E-state index contributed by atoms with van der Waals surface area (Å²) in [4.78, 5) is 0. The normalized spacial score (nSPS) is 11.6. The van der Waals surface area contributed by atoms with Crippen LogP contribution in [0.2, 0.25) is 0 Å². The average Bonchev–Trinajstić information content (AvgIpc) is 2.31. The monoisotopic (exact) mass is 352 g/mol. The Bertz CT molecular complexity index is 535. The van der Waals surface area contributed by atoms with Crippen LogP contribution >= 0.6 is 15.9 Å². The molecule has 0 aromatic heterocycles. The third-order valence-electron chi connectivity index (χ3n) is 2.51. The molecule has 1 aromatic carbocycles. The number of anilines is 1. The molecule has 0 amide bonds. The smallest absolute Gasteiger partial charge is 0.233 e. The summed E-state index contributed by atoms with van der Waals surface area (Å²) < 4.78 is 39.7. The summed E-state index contributed by atoms with van der Waals surface area (Å²) in [5.41, 5.74) is 0.939. The number of sulfonamides is 1. The maximum Gasteiger partial charge on any atom is 0.233 e. The van der Waals surface area contributed by atoms with Gasteiger partial charge in [0.25, 0.3) is 0 Å². The second kappa shape index (κ2) is 7.21. The number of aryl methyl sites for hydroxylation is 1. The number of rotatable bonds is 7. The zero-order chi connectivity index (χ0) is 14.5. The van der Waals surface area contributed by atoms with Gasteiger partial charge in [-0.25, -0.2) is 12.8 Å². The van der Waals surface area contributed by atoms with Gasteiger partial charge in [-0.1, -0.05) is 6.92 Å². The Hall–Kier alpha value is -0.660. The maximum atomic E-state index is 13.2. The Morgan fingerprint density at radius 1 is 1.32 bits per heavy atom. The number of hydrogen-bond acceptors (Lipinski definition) is 3. The lowest BCUT2D eigenvalue weighted by atomic mass is 10.2. The van der Waals surface area contributed by atoms with Crippen LogP contribution < -0.4 is 10.0 Å². The van der Waals surface area contributed by atoms with Crippen LogP contribution in [0.5, 0.6) is 0 Å². The second-order valence-electron chi connectivity index (χ2n) is 4.25. The van der Waals surface area contributed by atoms with Crippen molar-refractivity contribution in [3.8, 4) is 0 Å². The van der Waals surface area contributed by atoms with Crippen LogP contribution in [0.1, 0.15) is 18.9 Å². The quantitative estimate of drug-likeness (QED) is 0.741. The number of nitrogens with one attached hydrogen (secondary N) is 2. The van der Waals surface area contributed by atoms with Gasteiger partial charge in [-0.05, 0) is 53.5 Å². The molecule has 2 N–H and O–H groups in total. The Balaban J connectivity index is 2.70. The molecule has 108 valence electrons. The summed E-state index contributed by atoms with van der Waals surface area (Å²) in [6, 6.07) is 2.72. The van der Waals surface area contributed by atoms with Crippen molar-refractivity contribution in [2.45, 2.75) is 20.3 Å². The molecule has 0 saturated carbocycles. The van der Waals surface area contributed by atoms with Crippen LogP contribution in [0.4, 0.5) is 10.1 Å². The molecule has 0 fully saturated rings. The molecule has 0 spiro atoms. The first-order valence-electron chi connectivity index (χ1n) is 6.02. The Kier molecular flexibility index (Phi) is 6.22. The minimum atomic E-state index is -3.42. The largest absolute Gasteiger partial charge is 0.316 e. The van der Waals surface area contributed by atoms with Crippen LogP contribution in [0, 0.1) is 12.7 Å². The number of halogens is 2. The van der Waals surface area contributed by atoms with Crippen molar-refractivity contribution in [3.05, 3.63) is 28.0 Å². The molecular weight excluding hydrogens is 335 g/mol. The minimum Gasteiger partial charge on any atom is -0.316 e. The van der Waals surface area contributed by atoms with E-state index in [4.69, 9.17) is 0 Å². The first kappa shape index (κ1) is 16.4. The molecule has 4 nitrogen and oxygen atoms in total. The Labute approximate surface area is 122 Å². The van der Waals surface area contributed by atoms with E-state index >= 15 is 0 Å². The first-order chi connectivity index (χ1) is 8.85. The molecule has 0 heterocycles. The summed E-state index contributed by atoms with van der Waals surface area (Å²) in [5.74, 6) is -0.424. The zero-order valence-electron chi connectivity index (χ0n) is 11.0. The van der Waals surface area contributed by atoms with Crippen molar-refractivity contribution in [1.29, 1.82) is 0 Å². The van der Waals surface area contributed by atoms with Gasteiger partial charge in [0.1, 0.15) is 5.82 Å². The van der Waals surface area contributed by atoms with E-state index in [1.165, 1.54) is 12.1 Å². The minimum absolute atomic E-state index is 0.0125. The van der Waals surface area contributed by atoms with Crippen molar-refractivity contribution < 1.29 is 12.8 Å². The van der Waals surface area contributed by atoms with Gasteiger partial charge in [0, 0.05) is 6.54 Å². The predicted octanol–water partition coefficient (Wildman–Crippen LogP) is 2.64. The lowest BCUT2D eigenvalue weighted by Crippen LogP contribution is -2.27. The highest BCUT2D eigenvalue weighted by molar-refractivity contribution is 9.10. The number of benzene rings is 1. The van der Waals surface area contributed by atoms with Crippen molar-refractivity contribution in [3.63, 3.8) is 0 Å². The third kappa shape index (κ3) is 5.46. The van der Waals surface area contributed by atoms with E-state index in [1.54, 1.807) is 6.92 Å². The van der Waals surface area contributed by atoms with E-state index in [2.05, 4.69) is 26.0 Å². The summed E-state index contributed by atoms with van der Waals surface area (Å²) in [5, 5.41) is 3.02. The van der Waals surface area contributed by atoms with E-state index in [0.29, 0.717) is 17.8 Å². The lowest BCUT2D eigenvalue weighted by Gasteiger charge is -2.11. The fourth-order valence-corrected chi connectivity index (χ4v) is 2.90. The lowest BCUT2D eigenvalue weighted by molar-refractivity contribution is 0.595. The van der Waals surface area contributed by atoms with Crippen LogP contribution in [0.15, 0.2) is 16.6 Å². The first-order valence-corrected chi connectivity index (χ1v) is 8.47. The zero-order valence-corrected chi connectivity index (χ0v) is 13.4. The van der Waals surface area contributed by atoms with E-state index in [9.17, 15) is 12.8 Å². The van der Waals surface area contributed by atoms with Crippen LogP contribution in [-0.2, 0) is 10.0 Å². The molecule has 19 heavy (non-hydrogen) atoms. The summed E-state index contributed by atoms with van der Waals surface area (Å²) in [6.07, 6.45) is 0.956. The fraction of sp³-hybridized carbons (Fsp3) is 0.500. The molecule has 0 aliphatic rings. The molecule has 0 saturated heterocycles. The molecule has 0 unspecified atom stereocenters. The molecule has 0 aliphatic heterocycles. The SMILES string of the molecule is CCCNCCS(=O)(=O)Nc1cc(Br)c(F)cc1C. The van der Waals surface area contributed by atoms with E-state index in [-0.39, 0.29) is 10.2 Å². The van der Waals surface area contributed by atoms with Gasteiger partial charge in [0.05, 0.1) is 15.9 Å². The molecule has 0 bridgehead atoms. The topological polar surface area (TPSA) is 58.2 Å². The molecule has 0 atom stereocenters. The van der Waals surface area contributed by atoms with Crippen molar-refractivity contribution in [1.82, 2.24) is 5.32 Å².